The van der Waals surface area contributed by atoms with Crippen LogP contribution in [0.25, 0.3) is 0 Å². The molecule has 1 aliphatic heterocycles. The Morgan fingerprint density at radius 2 is 2.00 bits per heavy atom. The van der Waals surface area contributed by atoms with Gasteiger partial charge in [-0.3, -0.25) is 19.6 Å². The van der Waals surface area contributed by atoms with Gasteiger partial charge in [0, 0.05) is 13.5 Å². The molecule has 1 heterocycles. The summed E-state index contributed by atoms with van der Waals surface area (Å²) in [5, 5.41) is 4.82. The SMILES string of the molecule is CC.CN1C(=O)CC(SN)C1=O. The molecule has 1 rings (SSSR count). The van der Waals surface area contributed by atoms with E-state index in [-0.39, 0.29) is 23.5 Å². The number of nitrogens with two attached hydrogens (primary N) is 1. The third kappa shape index (κ3) is 2.22. The van der Waals surface area contributed by atoms with Gasteiger partial charge in [-0.25, -0.2) is 0 Å². The van der Waals surface area contributed by atoms with Crippen molar-refractivity contribution >= 4 is 23.8 Å². The fourth-order valence-electron chi connectivity index (χ4n) is 0.828. The van der Waals surface area contributed by atoms with Crippen LogP contribution in [0.3, 0.4) is 0 Å². The van der Waals surface area contributed by atoms with E-state index in [2.05, 4.69) is 0 Å². The highest BCUT2D eigenvalue weighted by Crippen LogP contribution is 2.19. The quantitative estimate of drug-likeness (QED) is 0.479. The second-order valence-electron chi connectivity index (χ2n) is 2.12. The largest absolute Gasteiger partial charge is 0.285 e. The molecule has 0 aromatic carbocycles. The molecular formula is C7H14N2O2S. The smallest absolute Gasteiger partial charge is 0.243 e. The number of carbonyl (C=O) groups is 2. The minimum absolute atomic E-state index is 0.145. The molecule has 0 aromatic heterocycles. The molecule has 0 radical (unpaired) electrons. The summed E-state index contributed by atoms with van der Waals surface area (Å²) >= 11 is 0.936. The molecule has 70 valence electrons. The van der Waals surface area contributed by atoms with Crippen LogP contribution in [0, 0.1) is 0 Å². The van der Waals surface area contributed by atoms with E-state index in [0.29, 0.717) is 0 Å². The normalized spacial score (nSPS) is 22.3. The van der Waals surface area contributed by atoms with Crippen molar-refractivity contribution in [1.82, 2.24) is 4.90 Å². The van der Waals surface area contributed by atoms with Crippen LogP contribution in [0.15, 0.2) is 0 Å². The van der Waals surface area contributed by atoms with Crippen molar-refractivity contribution in [3.63, 3.8) is 0 Å². The number of nitrogens with zero attached hydrogens (tertiary/aromatic N) is 1. The number of hydrogen-bond donors (Lipinski definition) is 1. The van der Waals surface area contributed by atoms with Crippen LogP contribution in [0.1, 0.15) is 20.3 Å². The first-order valence-corrected chi connectivity index (χ1v) is 4.77. The van der Waals surface area contributed by atoms with Crippen LogP contribution >= 0.6 is 11.9 Å². The summed E-state index contributed by atoms with van der Waals surface area (Å²) in [6.07, 6.45) is 0.247. The highest BCUT2D eigenvalue weighted by molar-refractivity contribution is 7.98. The second kappa shape index (κ2) is 5.16. The lowest BCUT2D eigenvalue weighted by molar-refractivity contribution is -0.136. The van der Waals surface area contributed by atoms with E-state index >= 15 is 0 Å². The Morgan fingerprint density at radius 3 is 2.17 bits per heavy atom. The van der Waals surface area contributed by atoms with E-state index < -0.39 is 0 Å². The summed E-state index contributed by atoms with van der Waals surface area (Å²) in [6, 6.07) is 0. The fraction of sp³-hybridized carbons (Fsp3) is 0.714. The Kier molecular flexibility index (Phi) is 4.92. The van der Waals surface area contributed by atoms with Crippen LogP contribution in [-0.2, 0) is 9.59 Å². The molecule has 0 saturated carbocycles. The van der Waals surface area contributed by atoms with Gasteiger partial charge in [0.25, 0.3) is 0 Å². The molecule has 5 heteroatoms. The van der Waals surface area contributed by atoms with Gasteiger partial charge in [-0.1, -0.05) is 25.8 Å². The molecule has 1 unspecified atom stereocenters. The Bertz CT molecular complexity index is 184. The Hall–Kier alpha value is -0.550. The minimum Gasteiger partial charge on any atom is -0.285 e. The summed E-state index contributed by atoms with van der Waals surface area (Å²) in [5.41, 5.74) is 0. The predicted octanol–water partition coefficient (Wildman–Crippen LogP) is 0.377. The first-order valence-electron chi connectivity index (χ1n) is 3.82. The summed E-state index contributed by atoms with van der Waals surface area (Å²) in [5.74, 6) is -0.328. The first kappa shape index (κ1) is 11.4. The number of rotatable bonds is 1. The highest BCUT2D eigenvalue weighted by atomic mass is 32.2. The molecule has 2 amide bonds. The van der Waals surface area contributed by atoms with E-state index in [1.54, 1.807) is 0 Å². The summed E-state index contributed by atoms with van der Waals surface area (Å²) in [6.45, 7) is 4.00. The number of imide groups is 1. The number of carbonyl (C=O) groups excluding carboxylic acids is 2. The van der Waals surface area contributed by atoms with E-state index in [4.69, 9.17) is 5.14 Å². The van der Waals surface area contributed by atoms with Gasteiger partial charge in [-0.05, 0) is 0 Å². The Balaban J connectivity index is 0.000000561. The van der Waals surface area contributed by atoms with Crippen molar-refractivity contribution in [3.05, 3.63) is 0 Å². The Labute approximate surface area is 76.6 Å². The topological polar surface area (TPSA) is 63.4 Å². The molecule has 1 saturated heterocycles. The highest BCUT2D eigenvalue weighted by Gasteiger charge is 2.35. The van der Waals surface area contributed by atoms with Crippen molar-refractivity contribution < 1.29 is 9.59 Å². The van der Waals surface area contributed by atoms with E-state index in [9.17, 15) is 9.59 Å². The average molecular weight is 190 g/mol. The minimum atomic E-state index is -0.350. The zero-order chi connectivity index (χ0) is 9.72. The monoisotopic (exact) mass is 190 g/mol. The van der Waals surface area contributed by atoms with Crippen molar-refractivity contribution in [3.8, 4) is 0 Å². The van der Waals surface area contributed by atoms with Gasteiger partial charge < -0.3 is 0 Å². The molecule has 0 aromatic rings. The van der Waals surface area contributed by atoms with Gasteiger partial charge in [-0.15, -0.1) is 0 Å². The van der Waals surface area contributed by atoms with Gasteiger partial charge in [0.2, 0.25) is 11.8 Å². The average Bonchev–Trinajstić information content (AvgIpc) is 2.36. The maximum atomic E-state index is 11.0. The number of hydrogen-bond acceptors (Lipinski definition) is 4. The number of likely N-dealkylation sites (tertiary alicyclic amines) is 1. The van der Waals surface area contributed by atoms with Gasteiger partial charge in [0.15, 0.2) is 0 Å². The van der Waals surface area contributed by atoms with Crippen LogP contribution in [0.5, 0.6) is 0 Å². The molecule has 1 atom stereocenters. The third-order valence-corrected chi connectivity index (χ3v) is 2.20. The maximum Gasteiger partial charge on any atom is 0.243 e. The second-order valence-corrected chi connectivity index (χ2v) is 2.96. The van der Waals surface area contributed by atoms with Crippen molar-refractivity contribution in [2.24, 2.45) is 5.14 Å². The van der Waals surface area contributed by atoms with Crippen LogP contribution < -0.4 is 5.14 Å². The summed E-state index contributed by atoms with van der Waals surface area (Å²) in [7, 11) is 1.47. The van der Waals surface area contributed by atoms with Gasteiger partial charge in [0.1, 0.15) is 5.25 Å². The molecular weight excluding hydrogens is 176 g/mol. The van der Waals surface area contributed by atoms with E-state index in [0.717, 1.165) is 16.8 Å². The summed E-state index contributed by atoms with van der Waals surface area (Å²) in [4.78, 5) is 22.9. The van der Waals surface area contributed by atoms with Crippen molar-refractivity contribution in [1.29, 1.82) is 0 Å². The van der Waals surface area contributed by atoms with Gasteiger partial charge >= 0.3 is 0 Å². The molecule has 0 spiro atoms. The van der Waals surface area contributed by atoms with Crippen LogP contribution in [-0.4, -0.2) is 29.0 Å². The molecule has 1 aliphatic rings. The lowest BCUT2D eigenvalue weighted by Crippen LogP contribution is -2.27. The van der Waals surface area contributed by atoms with Gasteiger partial charge in [0.05, 0.1) is 0 Å². The fourth-order valence-corrected chi connectivity index (χ4v) is 1.34. The molecule has 0 aliphatic carbocycles. The van der Waals surface area contributed by atoms with Crippen molar-refractivity contribution in [2.75, 3.05) is 7.05 Å². The maximum absolute atomic E-state index is 11.0. The van der Waals surface area contributed by atoms with E-state index in [1.165, 1.54) is 7.05 Å². The standard InChI is InChI=1S/C5H8N2O2S.C2H6/c1-7-4(8)2-3(10-6)5(7)9;1-2/h3H,2,6H2,1H3;1-2H3. The first-order chi connectivity index (χ1) is 5.66. The third-order valence-electron chi connectivity index (χ3n) is 1.50. The molecule has 1 fully saturated rings. The molecule has 12 heavy (non-hydrogen) atoms. The summed E-state index contributed by atoms with van der Waals surface area (Å²) < 4.78 is 0. The zero-order valence-corrected chi connectivity index (χ0v) is 8.35. The zero-order valence-electron chi connectivity index (χ0n) is 7.53. The molecule has 0 bridgehead atoms. The van der Waals surface area contributed by atoms with Gasteiger partial charge in [-0.2, -0.15) is 0 Å². The van der Waals surface area contributed by atoms with Crippen LogP contribution in [0.2, 0.25) is 0 Å². The molecule has 4 nitrogen and oxygen atoms in total. The Morgan fingerprint density at radius 1 is 1.50 bits per heavy atom. The predicted molar refractivity (Wildman–Crippen MR) is 49.3 cm³/mol. The lowest BCUT2D eigenvalue weighted by atomic mass is 10.4. The number of amides is 2. The van der Waals surface area contributed by atoms with Crippen LogP contribution in [0.4, 0.5) is 0 Å². The van der Waals surface area contributed by atoms with E-state index in [1.807, 2.05) is 13.8 Å². The van der Waals surface area contributed by atoms with Crippen molar-refractivity contribution in [2.45, 2.75) is 25.5 Å². The molecule has 2 N–H and O–H groups in total. The lowest BCUT2D eigenvalue weighted by Gasteiger charge is -2.04.